The molecule has 2 aliphatic heterocycles. The normalized spacial score (nSPS) is 44.1. The number of cyclic esters (lactones) is 1. The topological polar surface area (TPSA) is 125 Å². The second-order valence-corrected chi connectivity index (χ2v) is 12.3. The van der Waals surface area contributed by atoms with Gasteiger partial charge in [-0.1, -0.05) is 32.0 Å². The van der Waals surface area contributed by atoms with Crippen LogP contribution in [0.25, 0.3) is 0 Å². The summed E-state index contributed by atoms with van der Waals surface area (Å²) in [5.74, 6) is -2.19. The highest BCUT2D eigenvalue weighted by atomic mass is 16.6. The molecule has 5 rings (SSSR count). The van der Waals surface area contributed by atoms with Crippen LogP contribution in [0.4, 0.5) is 0 Å². The lowest BCUT2D eigenvalue weighted by atomic mass is 9.39. The summed E-state index contributed by atoms with van der Waals surface area (Å²) < 4.78 is 24.2. The number of aliphatic hydroxyl groups is 1. The van der Waals surface area contributed by atoms with Gasteiger partial charge in [0, 0.05) is 37.0 Å². The lowest BCUT2D eigenvalue weighted by Crippen LogP contribution is -2.78. The summed E-state index contributed by atoms with van der Waals surface area (Å²) in [6, 6.07) is 8.54. The minimum Gasteiger partial charge on any atom is -0.462 e. The Morgan fingerprint density at radius 2 is 1.63 bits per heavy atom. The smallest absolute Gasteiger partial charge is 0.338 e. The molecule has 1 N–H and O–H groups in total. The monoisotopic (exact) mass is 528 g/mol. The number of carbonyl (C=O) groups excluding carboxylic acids is 4. The second kappa shape index (κ2) is 8.61. The molecule has 4 fully saturated rings. The van der Waals surface area contributed by atoms with Crippen LogP contribution in [0.5, 0.6) is 0 Å². The fourth-order valence-electron chi connectivity index (χ4n) is 7.93. The van der Waals surface area contributed by atoms with Gasteiger partial charge in [-0.2, -0.15) is 0 Å². The number of benzene rings is 1. The molecule has 9 nitrogen and oxygen atoms in total. The van der Waals surface area contributed by atoms with Crippen molar-refractivity contribution >= 4 is 23.7 Å². The van der Waals surface area contributed by atoms with Crippen LogP contribution in [-0.4, -0.2) is 64.4 Å². The lowest BCUT2D eigenvalue weighted by molar-refractivity contribution is -0.350. The highest BCUT2D eigenvalue weighted by Crippen LogP contribution is 2.69. The Kier molecular flexibility index (Phi) is 6.08. The molecule has 8 unspecified atom stereocenters. The SMILES string of the molecule is CC(=O)OC1CC2(COC(=O)C2)OC2(C)CC(OC(=O)c3ccccc3)C3(C)C(CCC(=O)C3(C)O)C12C. The first-order valence-corrected chi connectivity index (χ1v) is 13.2. The number of rotatable bonds is 3. The van der Waals surface area contributed by atoms with Crippen molar-refractivity contribution in [3.63, 3.8) is 0 Å². The first-order chi connectivity index (χ1) is 17.7. The van der Waals surface area contributed by atoms with Crippen molar-refractivity contribution in [3.05, 3.63) is 35.9 Å². The molecule has 1 aromatic carbocycles. The first kappa shape index (κ1) is 26.8. The summed E-state index contributed by atoms with van der Waals surface area (Å²) >= 11 is 0. The molecule has 9 heteroatoms. The van der Waals surface area contributed by atoms with E-state index in [2.05, 4.69) is 0 Å². The van der Waals surface area contributed by atoms with E-state index in [1.54, 1.807) is 37.3 Å². The molecule has 2 saturated carbocycles. The van der Waals surface area contributed by atoms with Gasteiger partial charge in [0.05, 0.1) is 17.6 Å². The molecule has 0 radical (unpaired) electrons. The van der Waals surface area contributed by atoms with E-state index >= 15 is 0 Å². The quantitative estimate of drug-likeness (QED) is 0.465. The summed E-state index contributed by atoms with van der Waals surface area (Å²) in [5, 5.41) is 11.8. The van der Waals surface area contributed by atoms with E-state index in [0.29, 0.717) is 12.0 Å². The Morgan fingerprint density at radius 1 is 0.974 bits per heavy atom. The number of Topliss-reactive ketones (excluding diaryl/α,β-unsaturated/α-hetero) is 1. The molecule has 206 valence electrons. The molecule has 0 amide bonds. The van der Waals surface area contributed by atoms with Gasteiger partial charge in [-0.3, -0.25) is 14.4 Å². The van der Waals surface area contributed by atoms with Gasteiger partial charge >= 0.3 is 17.9 Å². The largest absolute Gasteiger partial charge is 0.462 e. The summed E-state index contributed by atoms with van der Waals surface area (Å²) in [7, 11) is 0. The predicted octanol–water partition coefficient (Wildman–Crippen LogP) is 3.15. The zero-order valence-electron chi connectivity index (χ0n) is 22.6. The van der Waals surface area contributed by atoms with E-state index in [0.717, 1.165) is 0 Å². The number of esters is 3. The minimum absolute atomic E-state index is 0.0169. The fraction of sp³-hybridized carbons (Fsp3) is 0.655. The molecule has 2 saturated heterocycles. The van der Waals surface area contributed by atoms with Crippen LogP contribution in [0, 0.1) is 16.7 Å². The van der Waals surface area contributed by atoms with Crippen LogP contribution in [0.15, 0.2) is 30.3 Å². The number of hydrogen-bond donors (Lipinski definition) is 1. The average molecular weight is 529 g/mol. The van der Waals surface area contributed by atoms with Crippen LogP contribution in [0.3, 0.4) is 0 Å². The lowest BCUT2D eigenvalue weighted by Gasteiger charge is -2.70. The average Bonchev–Trinajstić information content (AvgIpc) is 3.19. The molecule has 4 aliphatic rings. The Morgan fingerprint density at radius 3 is 2.24 bits per heavy atom. The Hall–Kier alpha value is -2.78. The molecule has 1 aromatic rings. The van der Waals surface area contributed by atoms with E-state index in [4.69, 9.17) is 18.9 Å². The minimum atomic E-state index is -1.82. The standard InChI is InChI=1S/C29H36O9/c1-17(30)36-22-14-29(15-23(32)35-16-29)38-25(2)13-21(37-24(33)18-9-7-6-8-10-18)27(4)19(26(22,25)3)11-12-20(31)28(27,5)34/h6-10,19,21-22,34H,11-16H2,1-5H3. The number of carbonyl (C=O) groups is 4. The third-order valence-electron chi connectivity index (χ3n) is 10.3. The van der Waals surface area contributed by atoms with Gasteiger partial charge in [-0.15, -0.1) is 0 Å². The van der Waals surface area contributed by atoms with Gasteiger partial charge in [0.2, 0.25) is 0 Å². The molecular weight excluding hydrogens is 492 g/mol. The molecule has 2 aliphatic carbocycles. The summed E-state index contributed by atoms with van der Waals surface area (Å²) in [6.07, 6.45) is -0.717. The van der Waals surface area contributed by atoms with Crippen molar-refractivity contribution in [2.24, 2.45) is 16.7 Å². The van der Waals surface area contributed by atoms with E-state index < -0.39 is 63.7 Å². The fourth-order valence-corrected chi connectivity index (χ4v) is 7.93. The number of ketones is 1. The van der Waals surface area contributed by atoms with E-state index in [1.807, 2.05) is 13.8 Å². The number of hydrogen-bond acceptors (Lipinski definition) is 9. The third kappa shape index (κ3) is 3.65. The number of ether oxygens (including phenoxy) is 4. The van der Waals surface area contributed by atoms with Gasteiger partial charge in [0.25, 0.3) is 0 Å². The maximum absolute atomic E-state index is 13.3. The molecule has 0 aromatic heterocycles. The van der Waals surface area contributed by atoms with Gasteiger partial charge in [0.1, 0.15) is 30.0 Å². The third-order valence-corrected chi connectivity index (χ3v) is 10.3. The van der Waals surface area contributed by atoms with E-state index in [1.165, 1.54) is 13.8 Å². The van der Waals surface area contributed by atoms with Crippen LogP contribution < -0.4 is 0 Å². The molecular formula is C29H36O9. The maximum Gasteiger partial charge on any atom is 0.338 e. The number of fused-ring (bicyclic) bond motifs is 3. The van der Waals surface area contributed by atoms with Crippen molar-refractivity contribution in [2.75, 3.05) is 6.61 Å². The molecule has 2 heterocycles. The molecule has 0 bridgehead atoms. The van der Waals surface area contributed by atoms with E-state index in [-0.39, 0.29) is 38.1 Å². The first-order valence-electron chi connectivity index (χ1n) is 13.2. The maximum atomic E-state index is 13.3. The second-order valence-electron chi connectivity index (χ2n) is 12.3. The van der Waals surface area contributed by atoms with Gasteiger partial charge < -0.3 is 24.1 Å². The van der Waals surface area contributed by atoms with Crippen molar-refractivity contribution < 1.29 is 43.2 Å². The van der Waals surface area contributed by atoms with Crippen molar-refractivity contribution in [1.82, 2.24) is 0 Å². The van der Waals surface area contributed by atoms with Crippen molar-refractivity contribution in [2.45, 2.75) is 95.7 Å². The van der Waals surface area contributed by atoms with Gasteiger partial charge in [-0.25, -0.2) is 4.79 Å². The highest BCUT2D eigenvalue weighted by molar-refractivity contribution is 5.90. The van der Waals surface area contributed by atoms with Crippen LogP contribution in [0.2, 0.25) is 0 Å². The van der Waals surface area contributed by atoms with Crippen LogP contribution >= 0.6 is 0 Å². The van der Waals surface area contributed by atoms with Crippen molar-refractivity contribution in [1.29, 1.82) is 0 Å². The van der Waals surface area contributed by atoms with Crippen LogP contribution in [-0.2, 0) is 33.3 Å². The Labute approximate surface area is 222 Å². The van der Waals surface area contributed by atoms with Crippen molar-refractivity contribution in [3.8, 4) is 0 Å². The van der Waals surface area contributed by atoms with Gasteiger partial charge in [-0.05, 0) is 38.3 Å². The zero-order chi connectivity index (χ0) is 27.7. The predicted molar refractivity (Wildman–Crippen MR) is 133 cm³/mol. The zero-order valence-corrected chi connectivity index (χ0v) is 22.6. The summed E-state index contributed by atoms with van der Waals surface area (Å²) in [5.41, 5.74) is -5.62. The van der Waals surface area contributed by atoms with Crippen LogP contribution in [0.1, 0.15) is 77.1 Å². The summed E-state index contributed by atoms with van der Waals surface area (Å²) in [6.45, 7) is 8.51. The summed E-state index contributed by atoms with van der Waals surface area (Å²) in [4.78, 5) is 51.0. The molecule has 38 heavy (non-hydrogen) atoms. The highest BCUT2D eigenvalue weighted by Gasteiger charge is 2.77. The molecule has 8 atom stereocenters. The van der Waals surface area contributed by atoms with E-state index in [9.17, 15) is 24.3 Å². The Bertz CT molecular complexity index is 1180. The molecule has 1 spiro atoms. The Balaban J connectivity index is 1.65. The van der Waals surface area contributed by atoms with Gasteiger partial charge in [0.15, 0.2) is 5.78 Å².